The van der Waals surface area contributed by atoms with Crippen LogP contribution in [0.4, 0.5) is 0 Å². The minimum absolute atomic E-state index is 0.0611. The number of fused-ring (bicyclic) bond motifs is 1. The zero-order valence-corrected chi connectivity index (χ0v) is 19.5. The molecule has 1 aromatic heterocycles. The number of aromatic amines is 1. The fourth-order valence-electron chi connectivity index (χ4n) is 5.12. The van der Waals surface area contributed by atoms with Crippen LogP contribution in [0.15, 0.2) is 81.7 Å². The molecule has 0 radical (unpaired) electrons. The van der Waals surface area contributed by atoms with E-state index in [1.54, 1.807) is 0 Å². The molecule has 162 valence electrons. The number of carbonyl (C=O) groups excluding carboxylic acids is 2. The summed E-state index contributed by atoms with van der Waals surface area (Å²) < 4.78 is 6.15. The Labute approximate surface area is 194 Å². The number of benzene rings is 2. The van der Waals surface area contributed by atoms with E-state index in [1.165, 1.54) is 7.11 Å². The number of Topliss-reactive ketones (excluding diaryl/α,β-unsaturated/α-hetero) is 1. The lowest BCUT2D eigenvalue weighted by molar-refractivity contribution is -0.136. The van der Waals surface area contributed by atoms with Crippen molar-refractivity contribution in [3.8, 4) is 0 Å². The Morgan fingerprint density at radius 2 is 1.84 bits per heavy atom. The first-order chi connectivity index (χ1) is 15.5. The zero-order chi connectivity index (χ0) is 22.4. The predicted molar refractivity (Wildman–Crippen MR) is 127 cm³/mol. The summed E-state index contributed by atoms with van der Waals surface area (Å²) in [6.07, 6.45) is 2.98. The first-order valence-corrected chi connectivity index (χ1v) is 11.4. The fraction of sp³-hybridized carbons (Fsp3) is 0.231. The number of hydrogen-bond acceptors (Lipinski definition) is 4. The molecule has 6 heteroatoms. The molecule has 1 aliphatic heterocycles. The van der Waals surface area contributed by atoms with Crippen molar-refractivity contribution in [3.63, 3.8) is 0 Å². The van der Waals surface area contributed by atoms with E-state index in [0.29, 0.717) is 24.0 Å². The minimum Gasteiger partial charge on any atom is -0.466 e. The van der Waals surface area contributed by atoms with Crippen molar-refractivity contribution in [1.29, 1.82) is 0 Å². The van der Waals surface area contributed by atoms with Crippen molar-refractivity contribution in [2.24, 2.45) is 0 Å². The highest BCUT2D eigenvalue weighted by Crippen LogP contribution is 2.47. The van der Waals surface area contributed by atoms with E-state index in [-0.39, 0.29) is 11.7 Å². The molecule has 0 saturated heterocycles. The summed E-state index contributed by atoms with van der Waals surface area (Å²) in [6, 6.07) is 16.0. The molecule has 2 atom stereocenters. The molecule has 0 amide bonds. The normalized spacial score (nSPS) is 20.9. The average Bonchev–Trinajstić information content (AvgIpc) is 3.27. The third kappa shape index (κ3) is 3.30. The minimum atomic E-state index is -0.467. The van der Waals surface area contributed by atoms with E-state index in [0.717, 1.165) is 37.9 Å². The highest BCUT2D eigenvalue weighted by molar-refractivity contribution is 9.10. The highest BCUT2D eigenvalue weighted by Gasteiger charge is 2.42. The van der Waals surface area contributed by atoms with Crippen LogP contribution >= 0.6 is 15.9 Å². The van der Waals surface area contributed by atoms with Crippen LogP contribution < -0.4 is 5.32 Å². The molecule has 3 aromatic rings. The number of H-pyrrole nitrogens is 1. The molecule has 5 rings (SSSR count). The number of ketones is 1. The SMILES string of the molecule is COC(=O)C1=C(C)NC2=C(C(=O)C[C@H](c3ccccc3Br)C2)[C@@H]1c1cccc2[nH]ccc12. The number of methoxy groups -OCH3 is 1. The lowest BCUT2D eigenvalue weighted by Gasteiger charge is -2.37. The van der Waals surface area contributed by atoms with Gasteiger partial charge in [0.05, 0.1) is 12.7 Å². The van der Waals surface area contributed by atoms with Gasteiger partial charge in [0.15, 0.2) is 5.78 Å². The van der Waals surface area contributed by atoms with Crippen LogP contribution in [0.25, 0.3) is 10.9 Å². The molecule has 0 saturated carbocycles. The second-order valence-corrected chi connectivity index (χ2v) is 9.17. The number of aromatic nitrogens is 1. The van der Waals surface area contributed by atoms with Crippen LogP contribution in [0.3, 0.4) is 0 Å². The number of ether oxygens (including phenoxy) is 1. The van der Waals surface area contributed by atoms with Gasteiger partial charge in [0.1, 0.15) is 0 Å². The van der Waals surface area contributed by atoms with Gasteiger partial charge in [-0.2, -0.15) is 0 Å². The Hall–Kier alpha value is -3.12. The summed E-state index contributed by atoms with van der Waals surface area (Å²) in [5.74, 6) is -0.753. The molecule has 2 N–H and O–H groups in total. The molecule has 32 heavy (non-hydrogen) atoms. The fourth-order valence-corrected chi connectivity index (χ4v) is 5.73. The van der Waals surface area contributed by atoms with Gasteiger partial charge in [0.25, 0.3) is 0 Å². The third-order valence-electron chi connectivity index (χ3n) is 6.52. The van der Waals surface area contributed by atoms with E-state index in [9.17, 15) is 9.59 Å². The van der Waals surface area contributed by atoms with Crippen molar-refractivity contribution in [1.82, 2.24) is 10.3 Å². The first-order valence-electron chi connectivity index (χ1n) is 10.6. The lowest BCUT2D eigenvalue weighted by Crippen LogP contribution is -2.36. The van der Waals surface area contributed by atoms with Crippen molar-refractivity contribution in [3.05, 3.63) is 92.9 Å². The zero-order valence-electron chi connectivity index (χ0n) is 17.9. The lowest BCUT2D eigenvalue weighted by atomic mass is 9.71. The molecule has 0 spiro atoms. The number of allylic oxidation sites excluding steroid dienone is 3. The van der Waals surface area contributed by atoms with Crippen LogP contribution in [0.1, 0.15) is 42.7 Å². The molecule has 2 heterocycles. The second-order valence-electron chi connectivity index (χ2n) is 8.32. The topological polar surface area (TPSA) is 71.2 Å². The number of rotatable bonds is 3. The largest absolute Gasteiger partial charge is 0.466 e. The van der Waals surface area contributed by atoms with Gasteiger partial charge in [-0.1, -0.05) is 46.3 Å². The summed E-state index contributed by atoms with van der Waals surface area (Å²) in [5.41, 5.74) is 5.82. The summed E-state index contributed by atoms with van der Waals surface area (Å²) in [6.45, 7) is 1.88. The maximum absolute atomic E-state index is 13.6. The van der Waals surface area contributed by atoms with E-state index in [1.807, 2.05) is 55.6 Å². The molecule has 5 nitrogen and oxygen atoms in total. The summed E-state index contributed by atoms with van der Waals surface area (Å²) in [4.78, 5) is 29.8. The van der Waals surface area contributed by atoms with Gasteiger partial charge in [0, 0.05) is 50.9 Å². The summed E-state index contributed by atoms with van der Waals surface area (Å²) >= 11 is 3.64. The van der Waals surface area contributed by atoms with Gasteiger partial charge in [0.2, 0.25) is 0 Å². The van der Waals surface area contributed by atoms with Crippen LogP contribution in [0.2, 0.25) is 0 Å². The molecule has 0 fully saturated rings. The van der Waals surface area contributed by atoms with Crippen molar-refractivity contribution >= 4 is 38.6 Å². The van der Waals surface area contributed by atoms with Gasteiger partial charge in [-0.25, -0.2) is 4.79 Å². The number of dihydropyridines is 1. The van der Waals surface area contributed by atoms with E-state index >= 15 is 0 Å². The second kappa shape index (κ2) is 8.10. The maximum Gasteiger partial charge on any atom is 0.336 e. The van der Waals surface area contributed by atoms with E-state index in [2.05, 4.69) is 32.3 Å². The predicted octanol–water partition coefficient (Wildman–Crippen LogP) is 5.47. The third-order valence-corrected chi connectivity index (χ3v) is 7.24. The monoisotopic (exact) mass is 490 g/mol. The van der Waals surface area contributed by atoms with Crippen molar-refractivity contribution in [2.45, 2.75) is 31.6 Å². The first kappa shape index (κ1) is 20.8. The smallest absolute Gasteiger partial charge is 0.336 e. The van der Waals surface area contributed by atoms with Crippen LogP contribution in [0.5, 0.6) is 0 Å². The standard InChI is InChI=1S/C26H23BrN2O3/c1-14-23(26(31)32-2)24(18-7-5-9-20-17(18)10-11-28-20)25-21(29-14)12-15(13-22(25)30)16-6-3-4-8-19(16)27/h3-11,15,24,28-29H,12-13H2,1-2H3/t15-,24-/m1/s1. The van der Waals surface area contributed by atoms with Gasteiger partial charge in [-0.05, 0) is 48.6 Å². The van der Waals surface area contributed by atoms with Gasteiger partial charge < -0.3 is 15.0 Å². The number of halogens is 1. The van der Waals surface area contributed by atoms with E-state index in [4.69, 9.17) is 4.74 Å². The van der Waals surface area contributed by atoms with Gasteiger partial charge in [-0.15, -0.1) is 0 Å². The van der Waals surface area contributed by atoms with Crippen LogP contribution in [-0.4, -0.2) is 23.8 Å². The number of carbonyl (C=O) groups is 2. The van der Waals surface area contributed by atoms with Crippen LogP contribution in [0, 0.1) is 0 Å². The number of hydrogen-bond donors (Lipinski definition) is 2. The van der Waals surface area contributed by atoms with Crippen molar-refractivity contribution < 1.29 is 14.3 Å². The average molecular weight is 491 g/mol. The van der Waals surface area contributed by atoms with Crippen LogP contribution in [-0.2, 0) is 14.3 Å². The van der Waals surface area contributed by atoms with Gasteiger partial charge in [-0.3, -0.25) is 4.79 Å². The Bertz CT molecular complexity index is 1320. The highest BCUT2D eigenvalue weighted by atomic mass is 79.9. The molecule has 2 aromatic carbocycles. The summed E-state index contributed by atoms with van der Waals surface area (Å²) in [7, 11) is 1.38. The molecule has 0 unspecified atom stereocenters. The number of esters is 1. The van der Waals surface area contributed by atoms with Gasteiger partial charge >= 0.3 is 5.97 Å². The molecule has 1 aliphatic carbocycles. The Kier molecular flexibility index (Phi) is 5.25. The Morgan fingerprint density at radius 3 is 2.62 bits per heavy atom. The maximum atomic E-state index is 13.6. The number of nitrogens with one attached hydrogen (secondary N) is 2. The summed E-state index contributed by atoms with van der Waals surface area (Å²) in [5, 5.41) is 4.39. The molecular formula is C26H23BrN2O3. The molecular weight excluding hydrogens is 468 g/mol. The molecule has 0 bridgehead atoms. The van der Waals surface area contributed by atoms with Crippen molar-refractivity contribution in [2.75, 3.05) is 7.11 Å². The van der Waals surface area contributed by atoms with E-state index < -0.39 is 11.9 Å². The Morgan fingerprint density at radius 1 is 1.06 bits per heavy atom. The quantitative estimate of drug-likeness (QED) is 0.477. The Balaban J connectivity index is 1.68. The molecule has 2 aliphatic rings.